The molecule has 50 heavy (non-hydrogen) atoms. The Kier molecular flexibility index (Phi) is 10.7. The Morgan fingerprint density at radius 1 is 0.880 bits per heavy atom. The molecule has 1 N–H and O–H groups in total. The number of ether oxygens (including phenoxy) is 5. The number of hydrogen-bond donors (Lipinski definition) is 1. The van der Waals surface area contributed by atoms with Gasteiger partial charge in [0.25, 0.3) is 5.91 Å². The molecule has 0 saturated heterocycles. The van der Waals surface area contributed by atoms with Gasteiger partial charge in [-0.1, -0.05) is 17.8 Å². The lowest BCUT2D eigenvalue weighted by Crippen LogP contribution is -2.41. The minimum atomic E-state index is -1.11. The predicted molar refractivity (Wildman–Crippen MR) is 190 cm³/mol. The molecular weight excluding hydrogens is 679 g/mol. The van der Waals surface area contributed by atoms with Gasteiger partial charge in [0.2, 0.25) is 12.7 Å². The minimum absolute atomic E-state index is 0.0271. The van der Waals surface area contributed by atoms with Gasteiger partial charge in [-0.2, -0.15) is 0 Å². The van der Waals surface area contributed by atoms with Crippen LogP contribution in [0.1, 0.15) is 28.0 Å². The minimum Gasteiger partial charge on any atom is -0.497 e. The summed E-state index contributed by atoms with van der Waals surface area (Å²) < 4.78 is 27.4. The van der Waals surface area contributed by atoms with Gasteiger partial charge in [-0.25, -0.2) is 15.0 Å². The molecular formula is C36H35N5O7S2. The van der Waals surface area contributed by atoms with Crippen LogP contribution in [0.5, 0.6) is 28.7 Å². The van der Waals surface area contributed by atoms with Crippen LogP contribution < -0.4 is 29.0 Å². The molecule has 2 aromatic heterocycles. The maximum Gasteiger partial charge on any atom is 0.251 e. The largest absolute Gasteiger partial charge is 0.497 e. The van der Waals surface area contributed by atoms with Gasteiger partial charge in [-0.05, 0) is 74.0 Å². The van der Waals surface area contributed by atoms with Gasteiger partial charge in [0, 0.05) is 34.1 Å². The van der Waals surface area contributed by atoms with E-state index in [1.54, 1.807) is 43.5 Å². The van der Waals surface area contributed by atoms with E-state index >= 15 is 0 Å². The first kappa shape index (κ1) is 34.5. The maximum absolute atomic E-state index is 14.4. The van der Waals surface area contributed by atoms with Crippen LogP contribution >= 0.6 is 23.1 Å². The zero-order chi connectivity index (χ0) is 35.2. The third-order valence-corrected chi connectivity index (χ3v) is 9.44. The summed E-state index contributed by atoms with van der Waals surface area (Å²) in [6.07, 6.45) is 0. The number of thiazole rings is 1. The molecule has 1 aliphatic heterocycles. The quantitative estimate of drug-likeness (QED) is 0.106. The van der Waals surface area contributed by atoms with Crippen LogP contribution in [0.25, 0.3) is 11.3 Å². The molecule has 0 bridgehead atoms. The highest BCUT2D eigenvalue weighted by molar-refractivity contribution is 7.99. The molecule has 14 heteroatoms. The summed E-state index contributed by atoms with van der Waals surface area (Å²) in [5.41, 5.74) is 4.21. The fourth-order valence-electron chi connectivity index (χ4n) is 5.40. The summed E-state index contributed by atoms with van der Waals surface area (Å²) in [6.45, 7) is 3.89. The monoisotopic (exact) mass is 713 g/mol. The zero-order valence-electron chi connectivity index (χ0n) is 28.1. The number of anilines is 1. The van der Waals surface area contributed by atoms with E-state index in [2.05, 4.69) is 15.3 Å². The number of aryl methyl sites for hydroxylation is 2. The van der Waals surface area contributed by atoms with Crippen molar-refractivity contribution in [3.63, 3.8) is 0 Å². The number of carbonyl (C=O) groups excluding carboxylic acids is 2. The van der Waals surface area contributed by atoms with Crippen molar-refractivity contribution in [3.05, 3.63) is 94.1 Å². The molecule has 1 atom stereocenters. The first-order valence-electron chi connectivity index (χ1n) is 15.5. The number of amides is 2. The van der Waals surface area contributed by atoms with E-state index < -0.39 is 11.9 Å². The number of benzene rings is 3. The maximum atomic E-state index is 14.4. The average Bonchev–Trinajstić information content (AvgIpc) is 3.79. The molecule has 6 rings (SSSR count). The van der Waals surface area contributed by atoms with Crippen LogP contribution in [0, 0.1) is 13.8 Å². The molecule has 1 unspecified atom stereocenters. The van der Waals surface area contributed by atoms with Crippen molar-refractivity contribution in [1.82, 2.24) is 19.9 Å². The van der Waals surface area contributed by atoms with Crippen molar-refractivity contribution in [2.45, 2.75) is 31.6 Å². The second-order valence-electron chi connectivity index (χ2n) is 11.2. The van der Waals surface area contributed by atoms with Crippen LogP contribution in [-0.4, -0.2) is 65.5 Å². The van der Waals surface area contributed by atoms with Crippen molar-refractivity contribution in [1.29, 1.82) is 0 Å². The molecule has 0 fully saturated rings. The van der Waals surface area contributed by atoms with Crippen molar-refractivity contribution in [3.8, 4) is 40.0 Å². The van der Waals surface area contributed by atoms with E-state index in [1.807, 2.05) is 49.6 Å². The van der Waals surface area contributed by atoms with Crippen LogP contribution in [0.2, 0.25) is 0 Å². The van der Waals surface area contributed by atoms with Gasteiger partial charge in [0.15, 0.2) is 28.2 Å². The topological polar surface area (TPSA) is 134 Å². The van der Waals surface area contributed by atoms with Crippen molar-refractivity contribution < 1.29 is 33.3 Å². The normalized spacial score (nSPS) is 12.3. The molecule has 5 aromatic rings. The number of hydrogen-bond acceptors (Lipinski definition) is 12. The van der Waals surface area contributed by atoms with Gasteiger partial charge < -0.3 is 33.9 Å². The van der Waals surface area contributed by atoms with E-state index in [0.717, 1.165) is 28.4 Å². The summed E-state index contributed by atoms with van der Waals surface area (Å²) in [6, 6.07) is 18.6. The molecule has 3 heterocycles. The molecule has 2 amide bonds. The standard InChI is InChI=1S/C36H35N5O7S2/c1-21-14-22(2)38-36(37-21)50-19-33(42)41(17-32-40-27(18-49-32)23-6-10-26(44-3)11-7-23)34(24-8-12-28(45-4)30(15-24)46-5)35(43)39-25-9-13-29-31(16-25)48-20-47-29/h6-16,18,34H,17,19-20H2,1-5H3,(H,39,43). The Morgan fingerprint density at radius 3 is 2.34 bits per heavy atom. The van der Waals surface area contributed by atoms with Crippen LogP contribution in [0.3, 0.4) is 0 Å². The molecule has 258 valence electrons. The summed E-state index contributed by atoms with van der Waals surface area (Å²) in [7, 11) is 4.67. The van der Waals surface area contributed by atoms with Gasteiger partial charge >= 0.3 is 0 Å². The molecule has 0 radical (unpaired) electrons. The molecule has 0 aliphatic carbocycles. The number of fused-ring (bicyclic) bond motifs is 1. The van der Waals surface area contributed by atoms with E-state index in [-0.39, 0.29) is 25.0 Å². The number of rotatable bonds is 13. The highest BCUT2D eigenvalue weighted by Gasteiger charge is 2.34. The molecule has 3 aromatic carbocycles. The van der Waals surface area contributed by atoms with Gasteiger partial charge in [0.1, 0.15) is 16.8 Å². The fourth-order valence-corrected chi connectivity index (χ4v) is 7.03. The van der Waals surface area contributed by atoms with E-state index in [9.17, 15) is 9.59 Å². The Morgan fingerprint density at radius 2 is 1.62 bits per heavy atom. The zero-order valence-corrected chi connectivity index (χ0v) is 29.7. The van der Waals surface area contributed by atoms with Crippen LogP contribution in [0.15, 0.2) is 77.3 Å². The van der Waals surface area contributed by atoms with Gasteiger partial charge in [-0.15, -0.1) is 11.3 Å². The highest BCUT2D eigenvalue weighted by Crippen LogP contribution is 2.37. The van der Waals surface area contributed by atoms with E-state index in [4.69, 9.17) is 28.7 Å². The van der Waals surface area contributed by atoms with Crippen molar-refractivity contribution in [2.75, 3.05) is 39.2 Å². The Labute approximate surface area is 297 Å². The summed E-state index contributed by atoms with van der Waals surface area (Å²) in [5, 5.41) is 6.02. The lowest BCUT2D eigenvalue weighted by molar-refractivity contribution is -0.137. The molecule has 1 aliphatic rings. The highest BCUT2D eigenvalue weighted by atomic mass is 32.2. The number of thioether (sulfide) groups is 1. The number of carbonyl (C=O) groups is 2. The molecule has 12 nitrogen and oxygen atoms in total. The number of methoxy groups -OCH3 is 3. The smallest absolute Gasteiger partial charge is 0.251 e. The van der Waals surface area contributed by atoms with Crippen molar-refractivity contribution >= 4 is 40.6 Å². The van der Waals surface area contributed by atoms with Crippen LogP contribution in [-0.2, 0) is 16.1 Å². The first-order valence-corrected chi connectivity index (χ1v) is 17.4. The number of aromatic nitrogens is 3. The van der Waals surface area contributed by atoms with E-state index in [0.29, 0.717) is 44.4 Å². The first-order chi connectivity index (χ1) is 24.2. The van der Waals surface area contributed by atoms with Crippen molar-refractivity contribution in [2.24, 2.45) is 0 Å². The van der Waals surface area contributed by atoms with Gasteiger partial charge in [-0.3, -0.25) is 9.59 Å². The number of nitrogens with zero attached hydrogens (tertiary/aromatic N) is 4. The number of nitrogens with one attached hydrogen (secondary N) is 1. The van der Waals surface area contributed by atoms with E-state index in [1.165, 1.54) is 42.2 Å². The predicted octanol–water partition coefficient (Wildman–Crippen LogP) is 6.47. The second kappa shape index (κ2) is 15.5. The summed E-state index contributed by atoms with van der Waals surface area (Å²) >= 11 is 2.61. The Balaban J connectivity index is 1.38. The summed E-state index contributed by atoms with van der Waals surface area (Å²) in [5.74, 6) is 1.92. The third kappa shape index (κ3) is 7.92. The Bertz CT molecular complexity index is 1980. The fraction of sp³-hybridized carbons (Fsp3) is 0.250. The molecule has 0 saturated carbocycles. The van der Waals surface area contributed by atoms with Crippen LogP contribution in [0.4, 0.5) is 5.69 Å². The SMILES string of the molecule is COc1ccc(-c2csc(CN(C(=O)CSc3nc(C)cc(C)n3)C(C(=O)Nc3ccc4c(c3)OCO4)c3ccc(OC)c(OC)c3)n2)cc1. The molecule has 0 spiro atoms. The van der Waals surface area contributed by atoms with Gasteiger partial charge in [0.05, 0.1) is 39.3 Å². The third-order valence-electron chi connectivity index (χ3n) is 7.77. The average molecular weight is 714 g/mol. The summed E-state index contributed by atoms with van der Waals surface area (Å²) in [4.78, 5) is 44.2. The lowest BCUT2D eigenvalue weighted by atomic mass is 10.0. The lowest BCUT2D eigenvalue weighted by Gasteiger charge is -2.31. The Hall–Kier alpha value is -5.34. The second-order valence-corrected chi connectivity index (χ2v) is 13.1.